The number of hydrogen-bond donors (Lipinski definition) is 1. The van der Waals surface area contributed by atoms with Crippen LogP contribution in [-0.2, 0) is 31.1 Å². The zero-order valence-electron chi connectivity index (χ0n) is 17.3. The normalized spacial score (nSPS) is 15.9. The summed E-state index contributed by atoms with van der Waals surface area (Å²) in [6, 6.07) is 15.3. The summed E-state index contributed by atoms with van der Waals surface area (Å²) in [6.45, 7) is 4.71. The SMILES string of the molecule is COC(=O)C1CN(C(=O)C(=O)NCC(C)(C)c2cccc(Br)c2)Cc2ccccc21. The van der Waals surface area contributed by atoms with E-state index in [1.807, 2.05) is 62.4 Å². The largest absolute Gasteiger partial charge is 0.468 e. The molecule has 0 radical (unpaired) electrons. The standard InChI is InChI=1S/C23H25BrN2O4/c1-23(2,16-8-6-9-17(24)11-16)14-25-20(27)21(28)26-12-15-7-4-5-10-18(15)19(13-26)22(29)30-3/h4-11,19H,12-14H2,1-3H3,(H,25,27). The molecule has 0 fully saturated rings. The molecule has 0 aliphatic carbocycles. The van der Waals surface area contributed by atoms with Gasteiger partial charge in [-0.3, -0.25) is 14.4 Å². The van der Waals surface area contributed by atoms with Gasteiger partial charge >= 0.3 is 17.8 Å². The second kappa shape index (κ2) is 9.00. The minimum atomic E-state index is -0.680. The number of halogens is 1. The Morgan fingerprint density at radius 3 is 2.60 bits per heavy atom. The average Bonchev–Trinajstić information content (AvgIpc) is 2.75. The summed E-state index contributed by atoms with van der Waals surface area (Å²) in [6.07, 6.45) is 0. The van der Waals surface area contributed by atoms with Gasteiger partial charge < -0.3 is 15.0 Å². The Morgan fingerprint density at radius 1 is 1.17 bits per heavy atom. The first-order valence-corrected chi connectivity index (χ1v) is 10.5. The molecule has 1 atom stereocenters. The fourth-order valence-electron chi connectivity index (χ4n) is 3.64. The average molecular weight is 473 g/mol. The highest BCUT2D eigenvalue weighted by molar-refractivity contribution is 9.10. The summed E-state index contributed by atoms with van der Waals surface area (Å²) < 4.78 is 5.86. The van der Waals surface area contributed by atoms with E-state index >= 15 is 0 Å². The van der Waals surface area contributed by atoms with E-state index in [-0.39, 0.29) is 18.5 Å². The van der Waals surface area contributed by atoms with Gasteiger partial charge in [-0.25, -0.2) is 0 Å². The Labute approximate surface area is 184 Å². The third kappa shape index (κ3) is 4.73. The fraction of sp³-hybridized carbons (Fsp3) is 0.348. The minimum absolute atomic E-state index is 0.116. The van der Waals surface area contributed by atoms with Gasteiger partial charge in [0, 0.05) is 29.5 Å². The first-order chi connectivity index (χ1) is 14.2. The molecule has 2 aromatic carbocycles. The summed E-state index contributed by atoms with van der Waals surface area (Å²) in [7, 11) is 1.32. The van der Waals surface area contributed by atoms with Crippen LogP contribution in [0.2, 0.25) is 0 Å². The third-order valence-corrected chi connectivity index (χ3v) is 5.95. The van der Waals surface area contributed by atoms with Crippen LogP contribution in [0, 0.1) is 0 Å². The van der Waals surface area contributed by atoms with E-state index in [0.717, 1.165) is 21.2 Å². The maximum atomic E-state index is 12.8. The van der Waals surface area contributed by atoms with Gasteiger partial charge in [-0.05, 0) is 28.8 Å². The Balaban J connectivity index is 1.70. The number of rotatable bonds is 4. The lowest BCUT2D eigenvalue weighted by atomic mass is 9.84. The molecule has 7 heteroatoms. The predicted molar refractivity (Wildman–Crippen MR) is 117 cm³/mol. The summed E-state index contributed by atoms with van der Waals surface area (Å²) in [5.41, 5.74) is 2.37. The lowest BCUT2D eigenvalue weighted by Gasteiger charge is -2.33. The van der Waals surface area contributed by atoms with Crippen molar-refractivity contribution in [3.05, 3.63) is 69.7 Å². The van der Waals surface area contributed by atoms with Gasteiger partial charge in [0.15, 0.2) is 0 Å². The molecule has 3 rings (SSSR count). The molecule has 30 heavy (non-hydrogen) atoms. The van der Waals surface area contributed by atoms with Crippen molar-refractivity contribution < 1.29 is 19.1 Å². The number of amides is 2. The lowest BCUT2D eigenvalue weighted by molar-refractivity contribution is -0.149. The number of nitrogens with one attached hydrogen (secondary N) is 1. The maximum Gasteiger partial charge on any atom is 0.314 e. The molecular formula is C23H25BrN2O4. The Bertz CT molecular complexity index is 973. The number of carbonyl (C=O) groups is 3. The molecule has 0 spiro atoms. The van der Waals surface area contributed by atoms with E-state index in [0.29, 0.717) is 6.54 Å². The van der Waals surface area contributed by atoms with Crippen molar-refractivity contribution in [3.63, 3.8) is 0 Å². The first kappa shape index (κ1) is 22.0. The number of fused-ring (bicyclic) bond motifs is 1. The molecule has 1 N–H and O–H groups in total. The quantitative estimate of drug-likeness (QED) is 0.547. The summed E-state index contributed by atoms with van der Waals surface area (Å²) in [5.74, 6) is -2.35. The highest BCUT2D eigenvalue weighted by atomic mass is 79.9. The second-order valence-electron chi connectivity index (χ2n) is 8.04. The van der Waals surface area contributed by atoms with Crippen LogP contribution < -0.4 is 5.32 Å². The highest BCUT2D eigenvalue weighted by Crippen LogP contribution is 2.29. The van der Waals surface area contributed by atoms with Crippen molar-refractivity contribution >= 4 is 33.7 Å². The smallest absolute Gasteiger partial charge is 0.314 e. The van der Waals surface area contributed by atoms with Crippen molar-refractivity contribution in [2.24, 2.45) is 0 Å². The van der Waals surface area contributed by atoms with Crippen molar-refractivity contribution in [2.75, 3.05) is 20.2 Å². The molecule has 1 aliphatic rings. The molecule has 0 aromatic heterocycles. The van der Waals surface area contributed by atoms with Crippen molar-refractivity contribution in [1.82, 2.24) is 10.2 Å². The Kier molecular flexibility index (Phi) is 6.61. The van der Waals surface area contributed by atoms with Gasteiger partial charge in [0.25, 0.3) is 0 Å². The molecule has 2 aromatic rings. The van der Waals surface area contributed by atoms with Crippen LogP contribution in [-0.4, -0.2) is 42.9 Å². The van der Waals surface area contributed by atoms with Crippen molar-refractivity contribution in [3.8, 4) is 0 Å². The maximum absolute atomic E-state index is 12.8. The number of carbonyl (C=O) groups excluding carboxylic acids is 3. The molecule has 1 unspecified atom stereocenters. The van der Waals surface area contributed by atoms with E-state index in [2.05, 4.69) is 21.2 Å². The monoisotopic (exact) mass is 472 g/mol. The lowest BCUT2D eigenvalue weighted by Crippen LogP contribution is -2.49. The van der Waals surface area contributed by atoms with E-state index in [4.69, 9.17) is 4.74 Å². The molecular weight excluding hydrogens is 448 g/mol. The van der Waals surface area contributed by atoms with Crippen LogP contribution in [0.5, 0.6) is 0 Å². The number of benzene rings is 2. The van der Waals surface area contributed by atoms with E-state index in [1.165, 1.54) is 12.0 Å². The molecule has 0 saturated heterocycles. The van der Waals surface area contributed by atoms with E-state index in [1.54, 1.807) is 0 Å². The summed E-state index contributed by atoms with van der Waals surface area (Å²) in [5, 5.41) is 2.76. The van der Waals surface area contributed by atoms with Gasteiger partial charge in [-0.1, -0.05) is 66.2 Å². The summed E-state index contributed by atoms with van der Waals surface area (Å²) >= 11 is 3.46. The van der Waals surface area contributed by atoms with Gasteiger partial charge in [-0.15, -0.1) is 0 Å². The number of nitrogens with zero attached hydrogens (tertiary/aromatic N) is 1. The third-order valence-electron chi connectivity index (χ3n) is 5.46. The minimum Gasteiger partial charge on any atom is -0.468 e. The fourth-order valence-corrected chi connectivity index (χ4v) is 4.04. The molecule has 1 aliphatic heterocycles. The van der Waals surface area contributed by atoms with Gasteiger partial charge in [-0.2, -0.15) is 0 Å². The van der Waals surface area contributed by atoms with Crippen LogP contribution in [0.3, 0.4) is 0 Å². The van der Waals surface area contributed by atoms with Crippen LogP contribution in [0.1, 0.15) is 36.5 Å². The van der Waals surface area contributed by atoms with Crippen LogP contribution in [0.15, 0.2) is 53.0 Å². The molecule has 2 amide bonds. The van der Waals surface area contributed by atoms with E-state index in [9.17, 15) is 14.4 Å². The van der Waals surface area contributed by atoms with Gasteiger partial charge in [0.2, 0.25) is 0 Å². The van der Waals surface area contributed by atoms with Gasteiger partial charge in [0.05, 0.1) is 13.0 Å². The number of esters is 1. The topological polar surface area (TPSA) is 75.7 Å². The number of hydrogen-bond acceptors (Lipinski definition) is 4. The zero-order valence-corrected chi connectivity index (χ0v) is 18.9. The first-order valence-electron chi connectivity index (χ1n) is 9.71. The predicted octanol–water partition coefficient (Wildman–Crippen LogP) is 3.14. The Morgan fingerprint density at radius 2 is 1.90 bits per heavy atom. The second-order valence-corrected chi connectivity index (χ2v) is 8.95. The van der Waals surface area contributed by atoms with Crippen LogP contribution in [0.4, 0.5) is 0 Å². The molecule has 1 heterocycles. The molecule has 0 saturated carbocycles. The van der Waals surface area contributed by atoms with Crippen molar-refractivity contribution in [1.29, 1.82) is 0 Å². The molecule has 158 valence electrons. The molecule has 0 bridgehead atoms. The zero-order chi connectivity index (χ0) is 21.9. The number of ether oxygens (including phenoxy) is 1. The van der Waals surface area contributed by atoms with Crippen LogP contribution in [0.25, 0.3) is 0 Å². The number of methoxy groups -OCH3 is 1. The van der Waals surface area contributed by atoms with Crippen molar-refractivity contribution in [2.45, 2.75) is 31.7 Å². The van der Waals surface area contributed by atoms with Crippen LogP contribution >= 0.6 is 15.9 Å². The molecule has 6 nitrogen and oxygen atoms in total. The highest BCUT2D eigenvalue weighted by Gasteiger charge is 2.35. The Hall–Kier alpha value is -2.67. The summed E-state index contributed by atoms with van der Waals surface area (Å²) in [4.78, 5) is 39.1. The van der Waals surface area contributed by atoms with Gasteiger partial charge in [0.1, 0.15) is 0 Å². The van der Waals surface area contributed by atoms with E-state index < -0.39 is 23.7 Å².